The van der Waals surface area contributed by atoms with Crippen LogP contribution in [0, 0.1) is 0 Å². The van der Waals surface area contributed by atoms with Crippen LogP contribution in [0.25, 0.3) is 0 Å². The monoisotopic (exact) mass is 334 g/mol. The van der Waals surface area contributed by atoms with E-state index in [0.717, 1.165) is 11.3 Å². The number of nitrogens with one attached hydrogen (secondary N) is 1. The minimum absolute atomic E-state index is 0.0505. The first-order valence-electron chi connectivity index (χ1n) is 6.50. The number of halogens is 2. The Labute approximate surface area is 137 Å². The summed E-state index contributed by atoms with van der Waals surface area (Å²) in [6, 6.07) is 13.1. The average molecular weight is 335 g/mol. The van der Waals surface area contributed by atoms with Crippen molar-refractivity contribution in [3.8, 4) is 0 Å². The van der Waals surface area contributed by atoms with Crippen LogP contribution >= 0.6 is 23.2 Å². The van der Waals surface area contributed by atoms with Gasteiger partial charge in [0.15, 0.2) is 0 Å². The van der Waals surface area contributed by atoms with Crippen LogP contribution in [0.2, 0.25) is 10.0 Å². The quantitative estimate of drug-likeness (QED) is 0.744. The Kier molecular flexibility index (Phi) is 4.18. The van der Waals surface area contributed by atoms with Crippen molar-refractivity contribution in [2.75, 3.05) is 11.1 Å². The van der Waals surface area contributed by atoms with E-state index in [1.165, 1.54) is 0 Å². The number of aromatic nitrogens is 2. The van der Waals surface area contributed by atoms with E-state index < -0.39 is 0 Å². The van der Waals surface area contributed by atoms with Gasteiger partial charge in [0.05, 0.1) is 22.2 Å². The Morgan fingerprint density at radius 3 is 2.41 bits per heavy atom. The number of nitrogens with two attached hydrogens (primary N) is 1. The second kappa shape index (κ2) is 6.25. The lowest BCUT2D eigenvalue weighted by Crippen LogP contribution is -1.98. The molecule has 1 aromatic heterocycles. The van der Waals surface area contributed by atoms with Crippen molar-refractivity contribution in [3.05, 3.63) is 64.0 Å². The zero-order chi connectivity index (χ0) is 15.5. The lowest BCUT2D eigenvalue weighted by atomic mass is 10.1. The van der Waals surface area contributed by atoms with Crippen LogP contribution < -0.4 is 11.1 Å². The van der Waals surface area contributed by atoms with Crippen molar-refractivity contribution >= 4 is 40.6 Å². The number of hydrogen-bond acceptors (Lipinski definition) is 5. The van der Waals surface area contributed by atoms with E-state index in [1.54, 1.807) is 18.2 Å². The molecule has 3 rings (SSSR count). The SMILES string of the molecule is Nc1nnc(Cc2ccccc2Nc2c(Cl)cccc2Cl)o1. The molecule has 1 heterocycles. The van der Waals surface area contributed by atoms with Gasteiger partial charge in [0.25, 0.3) is 0 Å². The molecular formula is C15H12Cl2N4O. The fourth-order valence-corrected chi connectivity index (χ4v) is 2.54. The van der Waals surface area contributed by atoms with Crippen molar-refractivity contribution in [3.63, 3.8) is 0 Å². The molecule has 0 amide bonds. The minimum Gasteiger partial charge on any atom is -0.408 e. The number of nitrogens with zero attached hydrogens (tertiary/aromatic N) is 2. The molecule has 0 radical (unpaired) electrons. The number of nitrogen functional groups attached to an aromatic ring is 1. The highest BCUT2D eigenvalue weighted by atomic mass is 35.5. The molecule has 0 atom stereocenters. The zero-order valence-electron chi connectivity index (χ0n) is 11.4. The normalized spacial score (nSPS) is 10.6. The maximum absolute atomic E-state index is 6.19. The molecule has 2 aromatic carbocycles. The van der Waals surface area contributed by atoms with Crippen molar-refractivity contribution in [1.82, 2.24) is 10.2 Å². The van der Waals surface area contributed by atoms with E-state index in [4.69, 9.17) is 33.4 Å². The van der Waals surface area contributed by atoms with Gasteiger partial charge in [0, 0.05) is 5.69 Å². The fourth-order valence-electron chi connectivity index (χ4n) is 2.05. The van der Waals surface area contributed by atoms with E-state index in [0.29, 0.717) is 28.0 Å². The summed E-state index contributed by atoms with van der Waals surface area (Å²) in [4.78, 5) is 0. The van der Waals surface area contributed by atoms with E-state index in [2.05, 4.69) is 15.5 Å². The summed E-state index contributed by atoms with van der Waals surface area (Å²) < 4.78 is 5.22. The molecule has 0 aliphatic carbocycles. The predicted molar refractivity (Wildman–Crippen MR) is 87.7 cm³/mol. The minimum atomic E-state index is 0.0505. The third-order valence-electron chi connectivity index (χ3n) is 3.06. The summed E-state index contributed by atoms with van der Waals surface area (Å²) in [5.74, 6) is 0.442. The maximum atomic E-state index is 6.19. The Morgan fingerprint density at radius 1 is 1.00 bits per heavy atom. The molecule has 0 aliphatic rings. The van der Waals surface area contributed by atoms with E-state index in [-0.39, 0.29) is 6.01 Å². The maximum Gasteiger partial charge on any atom is 0.312 e. The van der Waals surface area contributed by atoms with Crippen LogP contribution in [0.3, 0.4) is 0 Å². The number of anilines is 3. The van der Waals surface area contributed by atoms with Gasteiger partial charge in [-0.2, -0.15) is 0 Å². The molecule has 0 fully saturated rings. The van der Waals surface area contributed by atoms with E-state index in [1.807, 2.05) is 24.3 Å². The summed E-state index contributed by atoms with van der Waals surface area (Å²) in [6.07, 6.45) is 0.454. The Morgan fingerprint density at radius 2 is 1.73 bits per heavy atom. The van der Waals surface area contributed by atoms with Crippen LogP contribution in [-0.4, -0.2) is 10.2 Å². The Balaban J connectivity index is 1.91. The molecule has 0 spiro atoms. The third-order valence-corrected chi connectivity index (χ3v) is 3.69. The molecule has 0 saturated heterocycles. The van der Waals surface area contributed by atoms with Gasteiger partial charge >= 0.3 is 6.01 Å². The summed E-state index contributed by atoms with van der Waals surface area (Å²) in [5, 5.41) is 11.9. The molecule has 0 saturated carbocycles. The number of rotatable bonds is 4. The lowest BCUT2D eigenvalue weighted by Gasteiger charge is -2.13. The highest BCUT2D eigenvalue weighted by molar-refractivity contribution is 6.39. The van der Waals surface area contributed by atoms with Gasteiger partial charge in [-0.05, 0) is 23.8 Å². The van der Waals surface area contributed by atoms with Crippen molar-refractivity contribution in [2.24, 2.45) is 0 Å². The summed E-state index contributed by atoms with van der Waals surface area (Å²) in [5.41, 5.74) is 7.91. The van der Waals surface area contributed by atoms with Gasteiger partial charge in [-0.3, -0.25) is 0 Å². The first kappa shape index (κ1) is 14.7. The first-order chi connectivity index (χ1) is 10.6. The number of hydrogen-bond donors (Lipinski definition) is 2. The first-order valence-corrected chi connectivity index (χ1v) is 7.26. The van der Waals surface area contributed by atoms with Crippen LogP contribution in [0.4, 0.5) is 17.4 Å². The van der Waals surface area contributed by atoms with Crippen LogP contribution in [-0.2, 0) is 6.42 Å². The van der Waals surface area contributed by atoms with Gasteiger partial charge in [-0.15, -0.1) is 5.10 Å². The van der Waals surface area contributed by atoms with Gasteiger partial charge in [-0.25, -0.2) is 0 Å². The van der Waals surface area contributed by atoms with Gasteiger partial charge in [0.1, 0.15) is 0 Å². The van der Waals surface area contributed by atoms with Gasteiger partial charge < -0.3 is 15.5 Å². The Bertz CT molecular complexity index is 783. The molecular weight excluding hydrogens is 323 g/mol. The predicted octanol–water partition coefficient (Wildman–Crippen LogP) is 4.29. The molecule has 5 nitrogen and oxygen atoms in total. The fraction of sp³-hybridized carbons (Fsp3) is 0.0667. The van der Waals surface area contributed by atoms with Crippen molar-refractivity contribution in [2.45, 2.75) is 6.42 Å². The van der Waals surface area contributed by atoms with Crippen LogP contribution in [0.5, 0.6) is 0 Å². The Hall–Kier alpha value is -2.24. The molecule has 3 aromatic rings. The van der Waals surface area contributed by atoms with Crippen molar-refractivity contribution < 1.29 is 4.42 Å². The second-order valence-corrected chi connectivity index (χ2v) is 5.40. The summed E-state index contributed by atoms with van der Waals surface area (Å²) in [7, 11) is 0. The van der Waals surface area contributed by atoms with Crippen molar-refractivity contribution in [1.29, 1.82) is 0 Å². The molecule has 22 heavy (non-hydrogen) atoms. The van der Waals surface area contributed by atoms with E-state index >= 15 is 0 Å². The van der Waals surface area contributed by atoms with Gasteiger partial charge in [-0.1, -0.05) is 52.6 Å². The highest BCUT2D eigenvalue weighted by Gasteiger charge is 2.11. The molecule has 7 heteroatoms. The summed E-state index contributed by atoms with van der Waals surface area (Å²) >= 11 is 12.4. The third kappa shape index (κ3) is 3.16. The second-order valence-electron chi connectivity index (χ2n) is 4.59. The average Bonchev–Trinajstić information content (AvgIpc) is 2.90. The van der Waals surface area contributed by atoms with E-state index in [9.17, 15) is 0 Å². The smallest absolute Gasteiger partial charge is 0.312 e. The number of para-hydroxylation sites is 2. The molecule has 0 bridgehead atoms. The number of benzene rings is 2. The topological polar surface area (TPSA) is 77.0 Å². The van der Waals surface area contributed by atoms with Crippen LogP contribution in [0.15, 0.2) is 46.9 Å². The standard InChI is InChI=1S/C15H12Cl2N4O/c16-10-5-3-6-11(17)14(10)19-12-7-2-1-4-9(12)8-13-20-21-15(18)22-13/h1-7,19H,8H2,(H2,18,21). The highest BCUT2D eigenvalue weighted by Crippen LogP contribution is 2.33. The van der Waals surface area contributed by atoms with Gasteiger partial charge in [0.2, 0.25) is 5.89 Å². The zero-order valence-corrected chi connectivity index (χ0v) is 12.9. The molecule has 3 N–H and O–H groups in total. The lowest BCUT2D eigenvalue weighted by molar-refractivity contribution is 0.523. The summed E-state index contributed by atoms with van der Waals surface area (Å²) in [6.45, 7) is 0. The molecule has 0 aliphatic heterocycles. The molecule has 0 unspecified atom stereocenters. The largest absolute Gasteiger partial charge is 0.408 e. The van der Waals surface area contributed by atoms with Crippen LogP contribution in [0.1, 0.15) is 11.5 Å². The molecule has 112 valence electrons.